The molecule has 16 heavy (non-hydrogen) atoms. The van der Waals surface area contributed by atoms with Crippen LogP contribution in [0, 0.1) is 27.7 Å². The monoisotopic (exact) mass is 235 g/mol. The van der Waals surface area contributed by atoms with Gasteiger partial charge in [-0.1, -0.05) is 0 Å². The second kappa shape index (κ2) is 4.07. The van der Waals surface area contributed by atoms with E-state index in [1.165, 1.54) is 16.0 Å². The lowest BCUT2D eigenvalue weighted by molar-refractivity contribution is 0.498. The van der Waals surface area contributed by atoms with Crippen molar-refractivity contribution in [3.05, 3.63) is 44.5 Å². The van der Waals surface area contributed by atoms with Gasteiger partial charge in [0.1, 0.15) is 11.5 Å². The Morgan fingerprint density at radius 2 is 1.88 bits per heavy atom. The molecular weight excluding hydrogens is 218 g/mol. The number of aryl methyl sites for hydroxylation is 3. The Morgan fingerprint density at radius 3 is 2.31 bits per heavy atom. The highest BCUT2D eigenvalue weighted by Crippen LogP contribution is 2.33. The molecule has 0 saturated carbocycles. The Kier molecular flexibility index (Phi) is 2.91. The molecule has 1 atom stereocenters. The maximum absolute atomic E-state index is 6.33. The van der Waals surface area contributed by atoms with Crippen molar-refractivity contribution in [1.82, 2.24) is 0 Å². The topological polar surface area (TPSA) is 39.2 Å². The van der Waals surface area contributed by atoms with E-state index in [1.807, 2.05) is 13.8 Å². The van der Waals surface area contributed by atoms with Gasteiger partial charge in [0.2, 0.25) is 0 Å². The van der Waals surface area contributed by atoms with E-state index in [0.717, 1.165) is 17.1 Å². The molecule has 0 aromatic carbocycles. The molecule has 0 bridgehead atoms. The Morgan fingerprint density at radius 1 is 1.19 bits per heavy atom. The van der Waals surface area contributed by atoms with Crippen LogP contribution >= 0.6 is 11.3 Å². The zero-order chi connectivity index (χ0) is 11.9. The zero-order valence-corrected chi connectivity index (χ0v) is 10.9. The summed E-state index contributed by atoms with van der Waals surface area (Å²) >= 11 is 1.71. The first kappa shape index (κ1) is 11.4. The van der Waals surface area contributed by atoms with E-state index in [-0.39, 0.29) is 6.04 Å². The summed E-state index contributed by atoms with van der Waals surface area (Å²) in [6.45, 7) is 8.14. The van der Waals surface area contributed by atoms with Gasteiger partial charge < -0.3 is 10.2 Å². The fourth-order valence-corrected chi connectivity index (χ4v) is 3.04. The van der Waals surface area contributed by atoms with Crippen LogP contribution in [0.5, 0.6) is 0 Å². The zero-order valence-electron chi connectivity index (χ0n) is 10.1. The van der Waals surface area contributed by atoms with Gasteiger partial charge in [-0.3, -0.25) is 0 Å². The molecule has 0 radical (unpaired) electrons. The SMILES string of the molecule is Cc1ccsc1C(N)c1c(C)oc(C)c1C. The Labute approximate surface area is 100 Å². The summed E-state index contributed by atoms with van der Waals surface area (Å²) in [4.78, 5) is 1.23. The van der Waals surface area contributed by atoms with Crippen molar-refractivity contribution < 1.29 is 4.42 Å². The van der Waals surface area contributed by atoms with Gasteiger partial charge in [-0.15, -0.1) is 11.3 Å². The predicted molar refractivity (Wildman–Crippen MR) is 68.0 cm³/mol. The van der Waals surface area contributed by atoms with Crippen LogP contribution in [0.2, 0.25) is 0 Å². The largest absolute Gasteiger partial charge is 0.466 e. The van der Waals surface area contributed by atoms with E-state index in [0.29, 0.717) is 0 Å². The summed E-state index contributed by atoms with van der Waals surface area (Å²) in [5.74, 6) is 1.91. The molecule has 86 valence electrons. The fraction of sp³-hybridized carbons (Fsp3) is 0.385. The van der Waals surface area contributed by atoms with Gasteiger partial charge in [0.25, 0.3) is 0 Å². The average Bonchev–Trinajstić information content (AvgIpc) is 2.73. The molecule has 2 nitrogen and oxygen atoms in total. The van der Waals surface area contributed by atoms with Crippen LogP contribution in [0.25, 0.3) is 0 Å². The van der Waals surface area contributed by atoms with E-state index >= 15 is 0 Å². The minimum absolute atomic E-state index is 0.0579. The van der Waals surface area contributed by atoms with Crippen LogP contribution in [0.1, 0.15) is 39.1 Å². The van der Waals surface area contributed by atoms with E-state index in [4.69, 9.17) is 10.2 Å². The molecule has 2 aromatic heterocycles. The molecule has 0 fully saturated rings. The van der Waals surface area contributed by atoms with E-state index in [9.17, 15) is 0 Å². The Balaban J connectivity index is 2.49. The van der Waals surface area contributed by atoms with Gasteiger partial charge in [-0.05, 0) is 50.3 Å². The Hall–Kier alpha value is -1.06. The highest BCUT2D eigenvalue weighted by Gasteiger charge is 2.21. The Bertz CT molecular complexity index is 510. The average molecular weight is 235 g/mol. The predicted octanol–water partition coefficient (Wildman–Crippen LogP) is 3.62. The third-order valence-corrected chi connectivity index (χ3v) is 4.21. The van der Waals surface area contributed by atoms with Gasteiger partial charge in [-0.25, -0.2) is 0 Å². The molecule has 2 N–H and O–H groups in total. The first-order valence-corrected chi connectivity index (χ1v) is 6.26. The molecule has 0 spiro atoms. The standard InChI is InChI=1S/C13H17NOS/c1-7-5-6-16-13(7)12(14)11-8(2)9(3)15-10(11)4/h5-6,12H,14H2,1-4H3. The van der Waals surface area contributed by atoms with E-state index in [1.54, 1.807) is 11.3 Å². The van der Waals surface area contributed by atoms with Crippen LogP contribution < -0.4 is 5.73 Å². The molecular formula is C13H17NOS. The normalized spacial score (nSPS) is 13.1. The molecule has 2 rings (SSSR count). The molecule has 1 unspecified atom stereocenters. The van der Waals surface area contributed by atoms with Crippen molar-refractivity contribution in [3.63, 3.8) is 0 Å². The maximum Gasteiger partial charge on any atom is 0.106 e. The van der Waals surface area contributed by atoms with Crippen LogP contribution in [-0.4, -0.2) is 0 Å². The van der Waals surface area contributed by atoms with Crippen molar-refractivity contribution in [2.45, 2.75) is 33.7 Å². The van der Waals surface area contributed by atoms with Crippen LogP contribution in [0.15, 0.2) is 15.9 Å². The number of thiophene rings is 1. The molecule has 3 heteroatoms. The first-order chi connectivity index (χ1) is 7.52. The number of hydrogen-bond donors (Lipinski definition) is 1. The second-order valence-corrected chi connectivity index (χ2v) is 5.15. The van der Waals surface area contributed by atoms with Crippen molar-refractivity contribution in [2.75, 3.05) is 0 Å². The van der Waals surface area contributed by atoms with Gasteiger partial charge in [0, 0.05) is 10.4 Å². The summed E-state index contributed by atoms with van der Waals surface area (Å²) < 4.78 is 5.63. The molecule has 2 heterocycles. The third kappa shape index (κ3) is 1.70. The third-order valence-electron chi connectivity index (χ3n) is 3.11. The molecule has 0 saturated heterocycles. The lowest BCUT2D eigenvalue weighted by atomic mass is 10.00. The maximum atomic E-state index is 6.33. The number of rotatable bonds is 2. The highest BCUT2D eigenvalue weighted by molar-refractivity contribution is 7.10. The molecule has 0 aliphatic heterocycles. The van der Waals surface area contributed by atoms with Gasteiger partial charge in [0.05, 0.1) is 6.04 Å². The van der Waals surface area contributed by atoms with E-state index < -0.39 is 0 Å². The molecule has 2 aromatic rings. The summed E-state index contributed by atoms with van der Waals surface area (Å²) in [6, 6.07) is 2.05. The minimum Gasteiger partial charge on any atom is -0.466 e. The van der Waals surface area contributed by atoms with Gasteiger partial charge in [0.15, 0.2) is 0 Å². The van der Waals surface area contributed by atoms with Gasteiger partial charge >= 0.3 is 0 Å². The lowest BCUT2D eigenvalue weighted by Crippen LogP contribution is -2.12. The number of nitrogens with two attached hydrogens (primary N) is 1. The molecule has 0 aliphatic rings. The summed E-state index contributed by atoms with van der Waals surface area (Å²) in [5.41, 5.74) is 9.91. The van der Waals surface area contributed by atoms with Crippen molar-refractivity contribution in [2.24, 2.45) is 5.73 Å². The van der Waals surface area contributed by atoms with Crippen molar-refractivity contribution in [3.8, 4) is 0 Å². The molecule has 0 aliphatic carbocycles. The number of furan rings is 1. The quantitative estimate of drug-likeness (QED) is 0.863. The highest BCUT2D eigenvalue weighted by atomic mass is 32.1. The van der Waals surface area contributed by atoms with Gasteiger partial charge in [-0.2, -0.15) is 0 Å². The van der Waals surface area contributed by atoms with Crippen molar-refractivity contribution in [1.29, 1.82) is 0 Å². The van der Waals surface area contributed by atoms with Crippen molar-refractivity contribution >= 4 is 11.3 Å². The first-order valence-electron chi connectivity index (χ1n) is 5.38. The minimum atomic E-state index is -0.0579. The van der Waals surface area contributed by atoms with Crippen LogP contribution in [-0.2, 0) is 0 Å². The van der Waals surface area contributed by atoms with E-state index in [2.05, 4.69) is 25.3 Å². The fourth-order valence-electron chi connectivity index (χ4n) is 2.10. The van der Waals surface area contributed by atoms with Crippen LogP contribution in [0.4, 0.5) is 0 Å². The lowest BCUT2D eigenvalue weighted by Gasteiger charge is -2.11. The second-order valence-electron chi connectivity index (χ2n) is 4.20. The summed E-state index contributed by atoms with van der Waals surface area (Å²) in [6.07, 6.45) is 0. The smallest absolute Gasteiger partial charge is 0.106 e. The van der Waals surface area contributed by atoms with Crippen LogP contribution in [0.3, 0.4) is 0 Å². The summed E-state index contributed by atoms with van der Waals surface area (Å²) in [7, 11) is 0. The molecule has 0 amide bonds. The summed E-state index contributed by atoms with van der Waals surface area (Å²) in [5, 5.41) is 2.09. The number of hydrogen-bond acceptors (Lipinski definition) is 3.